The van der Waals surface area contributed by atoms with Crippen LogP contribution < -0.4 is 10.4 Å². The van der Waals surface area contributed by atoms with Crippen LogP contribution in [-0.4, -0.2) is 66.2 Å². The van der Waals surface area contributed by atoms with Crippen LogP contribution >= 0.6 is 11.6 Å². The Bertz CT molecular complexity index is 1570. The zero-order chi connectivity index (χ0) is 29.2. The molecule has 4 aromatic rings. The third kappa shape index (κ3) is 6.12. The summed E-state index contributed by atoms with van der Waals surface area (Å²) in [7, 11) is 1.04. The first-order chi connectivity index (χ1) is 18.9. The molecule has 0 aliphatic rings. The van der Waals surface area contributed by atoms with Gasteiger partial charge in [0, 0.05) is 10.6 Å². The molecule has 0 aliphatic heterocycles. The van der Waals surface area contributed by atoms with Gasteiger partial charge in [-0.15, -0.1) is 10.2 Å². The van der Waals surface area contributed by atoms with Crippen molar-refractivity contribution in [2.45, 2.75) is 32.0 Å². The minimum atomic E-state index is -5.03. The fraction of sp³-hybridized carbons (Fsp3) is 0.261. The SMILES string of the molecule is COC(=O)c1nc(Cn2nc(-c3ccc(Cl)cc3)n(CC(O)C(F)(F)F)c2=O)nn1-c1ccccc1OC(F)F. The van der Waals surface area contributed by atoms with Crippen molar-refractivity contribution in [1.29, 1.82) is 0 Å². The Labute approximate surface area is 225 Å². The Hall–Kier alpha value is -4.31. The van der Waals surface area contributed by atoms with Gasteiger partial charge in [-0.25, -0.2) is 23.9 Å². The lowest BCUT2D eigenvalue weighted by molar-refractivity contribution is -0.207. The fourth-order valence-corrected chi connectivity index (χ4v) is 3.70. The molecule has 4 rings (SSSR count). The van der Waals surface area contributed by atoms with E-state index in [0.717, 1.165) is 16.5 Å². The molecule has 2 heterocycles. The molecule has 2 aromatic heterocycles. The Morgan fingerprint density at radius 3 is 2.40 bits per heavy atom. The van der Waals surface area contributed by atoms with Crippen LogP contribution in [0.4, 0.5) is 22.0 Å². The third-order valence-electron chi connectivity index (χ3n) is 5.38. The van der Waals surface area contributed by atoms with E-state index in [-0.39, 0.29) is 28.6 Å². The minimum Gasteiger partial charge on any atom is -0.463 e. The Morgan fingerprint density at radius 1 is 1.10 bits per heavy atom. The highest BCUT2D eigenvalue weighted by Crippen LogP contribution is 2.26. The fourth-order valence-electron chi connectivity index (χ4n) is 3.57. The molecule has 0 saturated carbocycles. The van der Waals surface area contributed by atoms with E-state index in [2.05, 4.69) is 24.7 Å². The average Bonchev–Trinajstić information content (AvgIpc) is 3.45. The van der Waals surface area contributed by atoms with Gasteiger partial charge >= 0.3 is 24.4 Å². The molecule has 0 spiro atoms. The van der Waals surface area contributed by atoms with Crippen molar-refractivity contribution in [3.8, 4) is 22.8 Å². The number of benzene rings is 2. The van der Waals surface area contributed by atoms with Gasteiger partial charge in [0.1, 0.15) is 12.2 Å². The van der Waals surface area contributed by atoms with Crippen LogP contribution in [0.1, 0.15) is 16.4 Å². The number of para-hydroxylation sites is 2. The number of ether oxygens (including phenoxy) is 2. The molecule has 40 heavy (non-hydrogen) atoms. The first-order valence-electron chi connectivity index (χ1n) is 11.2. The first kappa shape index (κ1) is 28.7. The maximum absolute atomic E-state index is 13.1. The van der Waals surface area contributed by atoms with E-state index in [1.165, 1.54) is 48.5 Å². The van der Waals surface area contributed by atoms with Crippen molar-refractivity contribution < 1.29 is 41.3 Å². The molecule has 1 unspecified atom stereocenters. The molecular formula is C23H18ClF5N6O5. The van der Waals surface area contributed by atoms with Gasteiger partial charge in [0.25, 0.3) is 0 Å². The molecule has 17 heteroatoms. The van der Waals surface area contributed by atoms with E-state index in [1.54, 1.807) is 0 Å². The quantitative estimate of drug-likeness (QED) is 0.233. The highest BCUT2D eigenvalue weighted by molar-refractivity contribution is 6.30. The summed E-state index contributed by atoms with van der Waals surface area (Å²) in [5.41, 5.74) is -0.970. The largest absolute Gasteiger partial charge is 0.463 e. The molecule has 0 bridgehead atoms. The van der Waals surface area contributed by atoms with Crippen LogP contribution in [0.25, 0.3) is 17.1 Å². The number of aromatic nitrogens is 6. The number of rotatable bonds is 9. The van der Waals surface area contributed by atoms with E-state index in [0.29, 0.717) is 9.59 Å². The van der Waals surface area contributed by atoms with Gasteiger partial charge < -0.3 is 14.6 Å². The van der Waals surface area contributed by atoms with E-state index in [4.69, 9.17) is 11.6 Å². The number of aliphatic hydroxyl groups is 1. The van der Waals surface area contributed by atoms with Crippen LogP contribution in [0.2, 0.25) is 5.02 Å². The average molecular weight is 589 g/mol. The molecule has 0 amide bonds. The number of hydrogen-bond acceptors (Lipinski definition) is 8. The van der Waals surface area contributed by atoms with Crippen LogP contribution in [-0.2, 0) is 17.8 Å². The van der Waals surface area contributed by atoms with Gasteiger partial charge in [0.05, 0.1) is 13.7 Å². The van der Waals surface area contributed by atoms with Crippen molar-refractivity contribution >= 4 is 17.6 Å². The van der Waals surface area contributed by atoms with Crippen molar-refractivity contribution in [2.75, 3.05) is 7.11 Å². The van der Waals surface area contributed by atoms with Gasteiger partial charge in [0.15, 0.2) is 23.5 Å². The summed E-state index contributed by atoms with van der Waals surface area (Å²) in [4.78, 5) is 29.5. The normalized spacial score (nSPS) is 12.5. The second kappa shape index (κ2) is 11.4. The lowest BCUT2D eigenvalue weighted by Gasteiger charge is -2.15. The Kier molecular flexibility index (Phi) is 8.20. The highest BCUT2D eigenvalue weighted by Gasteiger charge is 2.39. The number of alkyl halides is 5. The van der Waals surface area contributed by atoms with Gasteiger partial charge in [-0.2, -0.15) is 22.0 Å². The summed E-state index contributed by atoms with van der Waals surface area (Å²) >= 11 is 5.88. The molecule has 0 saturated heterocycles. The monoisotopic (exact) mass is 588 g/mol. The summed E-state index contributed by atoms with van der Waals surface area (Å²) in [6, 6.07) is 11.0. The van der Waals surface area contributed by atoms with Crippen molar-refractivity contribution in [3.05, 3.63) is 75.7 Å². The number of carbonyl (C=O) groups is 1. The highest BCUT2D eigenvalue weighted by atomic mass is 35.5. The van der Waals surface area contributed by atoms with Crippen LogP contribution in [0.15, 0.2) is 53.3 Å². The zero-order valence-electron chi connectivity index (χ0n) is 20.2. The predicted molar refractivity (Wildman–Crippen MR) is 127 cm³/mol. The first-order valence-corrected chi connectivity index (χ1v) is 11.5. The standard InChI is InChI=1S/C23H18ClF5N6O5/c1-39-20(37)19-30-17(31-35(19)14-4-2-3-5-15(14)40-21(25)26)11-34-22(38)33(10-16(36)23(27,28)29)18(32-34)12-6-8-13(24)9-7-12/h2-9,16,21,36H,10-11H2,1H3. The topological polar surface area (TPSA) is 126 Å². The van der Waals surface area contributed by atoms with Gasteiger partial charge in [-0.1, -0.05) is 23.7 Å². The molecule has 11 nitrogen and oxygen atoms in total. The van der Waals surface area contributed by atoms with Gasteiger partial charge in [0.2, 0.25) is 5.82 Å². The number of methoxy groups -OCH3 is 1. The molecule has 1 N–H and O–H groups in total. The van der Waals surface area contributed by atoms with Crippen LogP contribution in [0.3, 0.4) is 0 Å². The van der Waals surface area contributed by atoms with E-state index in [9.17, 15) is 36.6 Å². The van der Waals surface area contributed by atoms with Crippen molar-refractivity contribution in [3.63, 3.8) is 0 Å². The molecule has 2 aromatic carbocycles. The lowest BCUT2D eigenvalue weighted by Crippen LogP contribution is -2.37. The van der Waals surface area contributed by atoms with E-state index < -0.39 is 49.5 Å². The Balaban J connectivity index is 1.80. The molecule has 0 aliphatic carbocycles. The van der Waals surface area contributed by atoms with Crippen LogP contribution in [0.5, 0.6) is 5.75 Å². The molecule has 0 fully saturated rings. The zero-order valence-corrected chi connectivity index (χ0v) is 21.0. The smallest absolute Gasteiger partial charge is 0.416 e. The van der Waals surface area contributed by atoms with Crippen molar-refractivity contribution in [2.24, 2.45) is 0 Å². The maximum Gasteiger partial charge on any atom is 0.416 e. The number of esters is 1. The van der Waals surface area contributed by atoms with Crippen LogP contribution in [0, 0.1) is 0 Å². The Morgan fingerprint density at radius 2 is 1.77 bits per heavy atom. The van der Waals surface area contributed by atoms with E-state index in [1.807, 2.05) is 0 Å². The summed E-state index contributed by atoms with van der Waals surface area (Å²) in [6.07, 6.45) is -7.91. The number of nitrogens with zero attached hydrogens (tertiary/aromatic N) is 6. The van der Waals surface area contributed by atoms with Crippen molar-refractivity contribution in [1.82, 2.24) is 29.1 Å². The summed E-state index contributed by atoms with van der Waals surface area (Å²) < 4.78 is 76.6. The summed E-state index contributed by atoms with van der Waals surface area (Å²) in [5.74, 6) is -2.32. The second-order valence-electron chi connectivity index (χ2n) is 8.04. The number of halogens is 6. The second-order valence-corrected chi connectivity index (χ2v) is 8.48. The minimum absolute atomic E-state index is 0.116. The molecule has 0 radical (unpaired) electrons. The number of carbonyl (C=O) groups excluding carboxylic acids is 1. The number of hydrogen-bond donors (Lipinski definition) is 1. The van der Waals surface area contributed by atoms with E-state index >= 15 is 0 Å². The third-order valence-corrected chi connectivity index (χ3v) is 5.63. The number of aliphatic hydroxyl groups excluding tert-OH is 1. The van der Waals surface area contributed by atoms with Gasteiger partial charge in [-0.05, 0) is 36.4 Å². The molecular weight excluding hydrogens is 571 g/mol. The van der Waals surface area contributed by atoms with Gasteiger partial charge in [-0.3, -0.25) is 4.57 Å². The summed E-state index contributed by atoms with van der Waals surface area (Å²) in [6.45, 7) is -4.94. The maximum atomic E-state index is 13.1. The molecule has 1 atom stereocenters. The molecule has 212 valence electrons. The lowest BCUT2D eigenvalue weighted by atomic mass is 10.2. The predicted octanol–water partition coefficient (Wildman–Crippen LogP) is 3.31. The summed E-state index contributed by atoms with van der Waals surface area (Å²) in [5, 5.41) is 18.1.